The molecule has 0 radical (unpaired) electrons. The highest BCUT2D eigenvalue weighted by Crippen LogP contribution is 2.51. The molecule has 0 bridgehead atoms. The summed E-state index contributed by atoms with van der Waals surface area (Å²) in [7, 11) is -2.17. The van der Waals surface area contributed by atoms with E-state index in [9.17, 15) is 8.42 Å². The average Bonchev–Trinajstić information content (AvgIpc) is 2.91. The number of nitrogens with one attached hydrogen (secondary N) is 1. The molecule has 2 unspecified atom stereocenters. The Hall–Kier alpha value is -0.105. The van der Waals surface area contributed by atoms with Crippen LogP contribution in [-0.2, 0) is 19.3 Å². The first kappa shape index (κ1) is 13.3. The summed E-state index contributed by atoms with van der Waals surface area (Å²) in [6, 6.07) is 0. The molecule has 98 valence electrons. The van der Waals surface area contributed by atoms with Crippen LogP contribution in [0.5, 0.6) is 0 Å². The van der Waals surface area contributed by atoms with E-state index >= 15 is 0 Å². The summed E-state index contributed by atoms with van der Waals surface area (Å²) in [5, 5.41) is -0.373. The van der Waals surface area contributed by atoms with Gasteiger partial charge in [-0.05, 0) is 41.2 Å². The molecule has 0 amide bonds. The van der Waals surface area contributed by atoms with Gasteiger partial charge in [0.15, 0.2) is 0 Å². The van der Waals surface area contributed by atoms with Gasteiger partial charge in [0.25, 0.3) is 0 Å². The zero-order chi connectivity index (χ0) is 13.1. The smallest absolute Gasteiger partial charge is 0.403 e. The van der Waals surface area contributed by atoms with Crippen molar-refractivity contribution in [1.82, 2.24) is 4.72 Å². The van der Waals surface area contributed by atoms with Gasteiger partial charge >= 0.3 is 7.12 Å². The van der Waals surface area contributed by atoms with E-state index in [2.05, 4.69) is 4.72 Å². The first-order valence-electron chi connectivity index (χ1n) is 5.89. The first-order chi connectivity index (χ1) is 7.61. The van der Waals surface area contributed by atoms with Crippen LogP contribution in [-0.4, -0.2) is 39.0 Å². The molecular weight excluding hydrogens is 241 g/mol. The van der Waals surface area contributed by atoms with Crippen molar-refractivity contribution in [3.63, 3.8) is 0 Å². The van der Waals surface area contributed by atoms with E-state index in [4.69, 9.17) is 9.31 Å². The number of sulfonamides is 1. The summed E-state index contributed by atoms with van der Waals surface area (Å²) in [5.41, 5.74) is -0.789. The number of rotatable bonds is 3. The Balaban J connectivity index is 2.06. The zero-order valence-corrected chi connectivity index (χ0v) is 11.8. The van der Waals surface area contributed by atoms with E-state index in [0.717, 1.165) is 0 Å². The summed E-state index contributed by atoms with van der Waals surface area (Å²) in [6.07, 6.45) is 0.611. The molecule has 1 N–H and O–H groups in total. The van der Waals surface area contributed by atoms with E-state index in [1.54, 1.807) is 0 Å². The molecule has 2 rings (SSSR count). The molecule has 0 aromatic heterocycles. The zero-order valence-electron chi connectivity index (χ0n) is 11.0. The normalized spacial score (nSPS) is 35.0. The van der Waals surface area contributed by atoms with Gasteiger partial charge in [0.2, 0.25) is 10.0 Å². The van der Waals surface area contributed by atoms with Crippen LogP contribution in [0, 0.1) is 0 Å². The summed E-state index contributed by atoms with van der Waals surface area (Å²) in [4.78, 5) is 0. The Labute approximate surface area is 103 Å². The third kappa shape index (κ3) is 2.14. The van der Waals surface area contributed by atoms with Crippen LogP contribution in [0.15, 0.2) is 0 Å². The van der Waals surface area contributed by atoms with E-state index in [0.29, 0.717) is 6.42 Å². The summed E-state index contributed by atoms with van der Waals surface area (Å²) >= 11 is 0. The van der Waals surface area contributed by atoms with Crippen molar-refractivity contribution in [2.75, 3.05) is 7.05 Å². The lowest BCUT2D eigenvalue weighted by atomic mass is 9.82. The van der Waals surface area contributed by atoms with Crippen LogP contribution < -0.4 is 4.72 Å². The minimum Gasteiger partial charge on any atom is -0.403 e. The Kier molecular flexibility index (Phi) is 2.90. The van der Waals surface area contributed by atoms with Gasteiger partial charge in [-0.15, -0.1) is 0 Å². The topological polar surface area (TPSA) is 64.6 Å². The maximum Gasteiger partial charge on any atom is 0.462 e. The fraction of sp³-hybridized carbons (Fsp3) is 1.00. The first-order valence-corrected chi connectivity index (χ1v) is 7.43. The second-order valence-corrected chi connectivity index (χ2v) is 7.92. The molecule has 2 aliphatic rings. The third-order valence-corrected chi connectivity index (χ3v) is 5.99. The molecule has 1 aliphatic heterocycles. The molecule has 0 aromatic carbocycles. The molecule has 1 saturated carbocycles. The van der Waals surface area contributed by atoms with Crippen molar-refractivity contribution in [2.45, 2.75) is 56.4 Å². The van der Waals surface area contributed by atoms with Gasteiger partial charge < -0.3 is 9.31 Å². The predicted octanol–water partition coefficient (Wildman–Crippen LogP) is 0.770. The van der Waals surface area contributed by atoms with Gasteiger partial charge in [-0.1, -0.05) is 0 Å². The fourth-order valence-corrected chi connectivity index (χ4v) is 3.41. The Morgan fingerprint density at radius 3 is 2.06 bits per heavy atom. The van der Waals surface area contributed by atoms with E-state index in [1.807, 2.05) is 27.7 Å². The molecule has 1 heterocycles. The fourth-order valence-electron chi connectivity index (χ4n) is 2.05. The molecule has 2 fully saturated rings. The van der Waals surface area contributed by atoms with Crippen molar-refractivity contribution in [1.29, 1.82) is 0 Å². The second kappa shape index (κ2) is 3.69. The van der Waals surface area contributed by atoms with E-state index in [-0.39, 0.29) is 11.1 Å². The van der Waals surface area contributed by atoms with Gasteiger partial charge in [0.05, 0.1) is 16.5 Å². The highest BCUT2D eigenvalue weighted by Gasteiger charge is 2.62. The summed E-state index contributed by atoms with van der Waals surface area (Å²) in [6.45, 7) is 7.88. The lowest BCUT2D eigenvalue weighted by Crippen LogP contribution is -2.41. The van der Waals surface area contributed by atoms with Crippen LogP contribution in [0.1, 0.15) is 34.1 Å². The maximum absolute atomic E-state index is 11.6. The summed E-state index contributed by atoms with van der Waals surface area (Å²) in [5.74, 6) is -0.0477. The van der Waals surface area contributed by atoms with Crippen molar-refractivity contribution >= 4 is 17.1 Å². The van der Waals surface area contributed by atoms with Gasteiger partial charge in [-0.3, -0.25) is 0 Å². The predicted molar refractivity (Wildman–Crippen MR) is 66.2 cm³/mol. The Bertz CT molecular complexity index is 404. The molecule has 17 heavy (non-hydrogen) atoms. The van der Waals surface area contributed by atoms with Crippen molar-refractivity contribution in [3.8, 4) is 0 Å². The highest BCUT2D eigenvalue weighted by atomic mass is 32.2. The minimum atomic E-state index is -3.20. The SMILES string of the molecule is CNS(=O)(=O)C1CC1B1OC(C)(C)C(C)(C)O1. The van der Waals surface area contributed by atoms with Crippen LogP contribution in [0.25, 0.3) is 0 Å². The van der Waals surface area contributed by atoms with Crippen LogP contribution in [0.2, 0.25) is 5.82 Å². The van der Waals surface area contributed by atoms with Crippen LogP contribution >= 0.6 is 0 Å². The molecule has 0 aromatic rings. The van der Waals surface area contributed by atoms with Gasteiger partial charge in [0, 0.05) is 5.82 Å². The lowest BCUT2D eigenvalue weighted by Gasteiger charge is -2.32. The van der Waals surface area contributed by atoms with Crippen molar-refractivity contribution in [3.05, 3.63) is 0 Å². The Morgan fingerprint density at radius 1 is 1.18 bits per heavy atom. The average molecular weight is 261 g/mol. The van der Waals surface area contributed by atoms with Gasteiger partial charge in [0.1, 0.15) is 0 Å². The molecular formula is C10H20BNO4S. The molecule has 1 aliphatic carbocycles. The second-order valence-electron chi connectivity index (χ2n) is 5.81. The quantitative estimate of drug-likeness (QED) is 0.762. The third-order valence-electron chi connectivity index (χ3n) is 4.08. The van der Waals surface area contributed by atoms with Crippen molar-refractivity contribution < 1.29 is 17.7 Å². The molecule has 1 saturated heterocycles. The maximum atomic E-state index is 11.6. The minimum absolute atomic E-state index is 0.0477. The van der Waals surface area contributed by atoms with Crippen molar-refractivity contribution in [2.24, 2.45) is 0 Å². The van der Waals surface area contributed by atoms with E-state index < -0.39 is 28.3 Å². The molecule has 5 nitrogen and oxygen atoms in total. The monoisotopic (exact) mass is 261 g/mol. The molecule has 7 heteroatoms. The molecule has 0 spiro atoms. The molecule has 2 atom stereocenters. The number of hydrogen-bond donors (Lipinski definition) is 1. The Morgan fingerprint density at radius 2 is 1.65 bits per heavy atom. The lowest BCUT2D eigenvalue weighted by molar-refractivity contribution is 0.00578. The van der Waals surface area contributed by atoms with Gasteiger partial charge in [-0.2, -0.15) is 0 Å². The number of hydrogen-bond acceptors (Lipinski definition) is 4. The van der Waals surface area contributed by atoms with Gasteiger partial charge in [-0.25, -0.2) is 13.1 Å². The summed E-state index contributed by atoms with van der Waals surface area (Å²) < 4.78 is 37.3. The standard InChI is InChI=1S/C10H20BNO4S/c1-9(2)10(3,4)16-11(15-9)7-6-8(7)17(13,14)12-5/h7-8,12H,6H2,1-5H3. The van der Waals surface area contributed by atoms with E-state index in [1.165, 1.54) is 7.05 Å². The largest absolute Gasteiger partial charge is 0.462 e. The van der Waals surface area contributed by atoms with Crippen LogP contribution in [0.4, 0.5) is 0 Å². The van der Waals surface area contributed by atoms with Crippen LogP contribution in [0.3, 0.4) is 0 Å². The highest BCUT2D eigenvalue weighted by molar-refractivity contribution is 7.90.